The van der Waals surface area contributed by atoms with E-state index in [0.717, 1.165) is 12.8 Å². The molecule has 1 fully saturated rings. The van der Waals surface area contributed by atoms with Crippen molar-refractivity contribution in [2.75, 3.05) is 13.2 Å². The van der Waals surface area contributed by atoms with Crippen LogP contribution in [0.25, 0.3) is 0 Å². The third kappa shape index (κ3) is 3.96. The molecule has 1 aliphatic rings. The number of aliphatic hydroxyl groups is 1. The quantitative estimate of drug-likeness (QED) is 0.760. The van der Waals surface area contributed by atoms with Crippen LogP contribution >= 0.6 is 0 Å². The molecule has 0 aliphatic heterocycles. The van der Waals surface area contributed by atoms with Crippen LogP contribution in [0.4, 0.5) is 0 Å². The maximum absolute atomic E-state index is 11.8. The van der Waals surface area contributed by atoms with Crippen LogP contribution in [0.5, 0.6) is 0 Å². The predicted octanol–water partition coefficient (Wildman–Crippen LogP) is 1.14. The molecule has 4 nitrogen and oxygen atoms in total. The zero-order chi connectivity index (χ0) is 12.8. The molecule has 100 valence electrons. The molecule has 0 unspecified atom stereocenters. The molecule has 4 heteroatoms. The second-order valence-corrected chi connectivity index (χ2v) is 5.16. The number of rotatable bonds is 5. The van der Waals surface area contributed by atoms with E-state index in [1.165, 1.54) is 12.8 Å². The first kappa shape index (κ1) is 14.5. The van der Waals surface area contributed by atoms with Crippen LogP contribution < -0.4 is 5.32 Å². The molecule has 0 radical (unpaired) electrons. The van der Waals surface area contributed by atoms with Crippen molar-refractivity contribution in [3.05, 3.63) is 0 Å². The van der Waals surface area contributed by atoms with Gasteiger partial charge in [0.25, 0.3) is 0 Å². The molecule has 0 spiro atoms. The van der Waals surface area contributed by atoms with Crippen molar-refractivity contribution in [2.24, 2.45) is 0 Å². The molecule has 2 atom stereocenters. The van der Waals surface area contributed by atoms with Gasteiger partial charge in [-0.15, -0.1) is 0 Å². The zero-order valence-electron chi connectivity index (χ0n) is 11.3. The van der Waals surface area contributed by atoms with Crippen LogP contribution in [0.15, 0.2) is 0 Å². The Bertz CT molecular complexity index is 244. The summed E-state index contributed by atoms with van der Waals surface area (Å²) < 4.78 is 0. The van der Waals surface area contributed by atoms with E-state index < -0.39 is 0 Å². The Hall–Kier alpha value is -0.610. The van der Waals surface area contributed by atoms with E-state index in [1.54, 1.807) is 6.92 Å². The highest BCUT2D eigenvalue weighted by Gasteiger charge is 2.32. The van der Waals surface area contributed by atoms with Crippen molar-refractivity contribution in [3.8, 4) is 0 Å². The van der Waals surface area contributed by atoms with Crippen molar-refractivity contribution in [3.63, 3.8) is 0 Å². The molecule has 0 aromatic heterocycles. The van der Waals surface area contributed by atoms with Crippen LogP contribution in [-0.2, 0) is 4.79 Å². The fraction of sp³-hybridized carbons (Fsp3) is 0.923. The summed E-state index contributed by atoms with van der Waals surface area (Å²) in [5, 5.41) is 12.3. The summed E-state index contributed by atoms with van der Waals surface area (Å²) in [7, 11) is 0. The van der Waals surface area contributed by atoms with Gasteiger partial charge in [-0.3, -0.25) is 4.79 Å². The summed E-state index contributed by atoms with van der Waals surface area (Å²) in [5.41, 5.74) is 0. The fourth-order valence-electron chi connectivity index (χ4n) is 2.91. The van der Waals surface area contributed by atoms with Gasteiger partial charge in [-0.05, 0) is 26.7 Å². The third-order valence-corrected chi connectivity index (χ3v) is 3.53. The lowest BCUT2D eigenvalue weighted by atomic mass is 9.88. The average Bonchev–Trinajstić information content (AvgIpc) is 2.27. The van der Waals surface area contributed by atoms with E-state index in [9.17, 15) is 4.79 Å². The molecule has 2 N–H and O–H groups in total. The molecule has 0 bridgehead atoms. The largest absolute Gasteiger partial charge is 0.395 e. The van der Waals surface area contributed by atoms with Gasteiger partial charge in [0.2, 0.25) is 5.91 Å². The molecule has 0 saturated heterocycles. The van der Waals surface area contributed by atoms with Crippen molar-refractivity contribution < 1.29 is 9.90 Å². The normalized spacial score (nSPS) is 25.0. The Morgan fingerprint density at radius 1 is 1.41 bits per heavy atom. The Kier molecular flexibility index (Phi) is 5.92. The molecule has 0 aromatic rings. The number of hydrogen-bond donors (Lipinski definition) is 2. The maximum atomic E-state index is 11.8. The number of aliphatic hydroxyl groups excluding tert-OH is 1. The van der Waals surface area contributed by atoms with Crippen LogP contribution in [-0.4, -0.2) is 47.2 Å². The number of carbonyl (C=O) groups is 1. The first-order chi connectivity index (χ1) is 8.07. The van der Waals surface area contributed by atoms with Crippen LogP contribution in [0.3, 0.4) is 0 Å². The topological polar surface area (TPSA) is 52.6 Å². The summed E-state index contributed by atoms with van der Waals surface area (Å²) >= 11 is 0. The summed E-state index contributed by atoms with van der Waals surface area (Å²) in [6, 6.07) is 0.865. The minimum Gasteiger partial charge on any atom is -0.395 e. The molecule has 1 rings (SSSR count). The second kappa shape index (κ2) is 6.97. The van der Waals surface area contributed by atoms with E-state index in [2.05, 4.69) is 19.2 Å². The van der Waals surface area contributed by atoms with Gasteiger partial charge >= 0.3 is 0 Å². The van der Waals surface area contributed by atoms with Gasteiger partial charge in [0.15, 0.2) is 0 Å². The molecule has 0 aromatic carbocycles. The Morgan fingerprint density at radius 2 is 2.06 bits per heavy atom. The lowest BCUT2D eigenvalue weighted by molar-refractivity contribution is -0.134. The standard InChI is InChI=1S/C13H26N2O2/c1-10(2)15(11(3)17)13-7-5-4-6-12(13)14-8-9-16/h10,12-14,16H,4-9H2,1-3H3/t12-,13+/m1/s1. The van der Waals surface area contributed by atoms with E-state index in [-0.39, 0.29) is 24.6 Å². The highest BCUT2D eigenvalue weighted by Crippen LogP contribution is 2.25. The first-order valence-electron chi connectivity index (χ1n) is 6.71. The van der Waals surface area contributed by atoms with Crippen molar-refractivity contribution in [1.29, 1.82) is 0 Å². The smallest absolute Gasteiger partial charge is 0.219 e. The van der Waals surface area contributed by atoms with Gasteiger partial charge < -0.3 is 15.3 Å². The number of hydrogen-bond acceptors (Lipinski definition) is 3. The van der Waals surface area contributed by atoms with Gasteiger partial charge in [0.1, 0.15) is 0 Å². The zero-order valence-corrected chi connectivity index (χ0v) is 11.3. The number of nitrogens with one attached hydrogen (secondary N) is 1. The molecule has 1 amide bonds. The molecule has 17 heavy (non-hydrogen) atoms. The van der Waals surface area contributed by atoms with Crippen LogP contribution in [0.1, 0.15) is 46.5 Å². The fourth-order valence-corrected chi connectivity index (χ4v) is 2.91. The third-order valence-electron chi connectivity index (χ3n) is 3.53. The van der Waals surface area contributed by atoms with Crippen molar-refractivity contribution >= 4 is 5.91 Å². The minimum absolute atomic E-state index is 0.155. The Labute approximate surface area is 104 Å². The maximum Gasteiger partial charge on any atom is 0.219 e. The molecule has 1 aliphatic carbocycles. The summed E-state index contributed by atoms with van der Waals surface area (Å²) in [6.07, 6.45) is 4.57. The van der Waals surface area contributed by atoms with Gasteiger partial charge in [0.05, 0.1) is 6.61 Å². The van der Waals surface area contributed by atoms with Gasteiger partial charge in [-0.1, -0.05) is 12.8 Å². The second-order valence-electron chi connectivity index (χ2n) is 5.16. The summed E-state index contributed by atoms with van der Waals surface area (Å²) in [5.74, 6) is 0.155. The number of nitrogens with zero attached hydrogens (tertiary/aromatic N) is 1. The Morgan fingerprint density at radius 3 is 2.59 bits per heavy atom. The lowest BCUT2D eigenvalue weighted by Crippen LogP contribution is -2.55. The predicted molar refractivity (Wildman–Crippen MR) is 68.8 cm³/mol. The molecule has 0 heterocycles. The van der Waals surface area contributed by atoms with Gasteiger partial charge in [0, 0.05) is 31.6 Å². The van der Waals surface area contributed by atoms with Crippen LogP contribution in [0, 0.1) is 0 Å². The Balaban J connectivity index is 2.70. The van der Waals surface area contributed by atoms with E-state index in [0.29, 0.717) is 12.6 Å². The first-order valence-corrected chi connectivity index (χ1v) is 6.71. The van der Waals surface area contributed by atoms with Crippen molar-refractivity contribution in [2.45, 2.75) is 64.6 Å². The highest BCUT2D eigenvalue weighted by molar-refractivity contribution is 5.74. The van der Waals surface area contributed by atoms with E-state index in [4.69, 9.17) is 5.11 Å². The molecule has 1 saturated carbocycles. The van der Waals surface area contributed by atoms with E-state index in [1.807, 2.05) is 4.90 Å². The van der Waals surface area contributed by atoms with Gasteiger partial charge in [-0.25, -0.2) is 0 Å². The van der Waals surface area contributed by atoms with Gasteiger partial charge in [-0.2, -0.15) is 0 Å². The van der Waals surface area contributed by atoms with Crippen molar-refractivity contribution in [1.82, 2.24) is 10.2 Å². The summed E-state index contributed by atoms with van der Waals surface area (Å²) in [4.78, 5) is 13.7. The van der Waals surface area contributed by atoms with E-state index >= 15 is 0 Å². The number of carbonyl (C=O) groups excluding carboxylic acids is 1. The lowest BCUT2D eigenvalue weighted by Gasteiger charge is -2.42. The minimum atomic E-state index is 0.155. The molecular formula is C13H26N2O2. The number of amides is 1. The monoisotopic (exact) mass is 242 g/mol. The summed E-state index contributed by atoms with van der Waals surface area (Å²) in [6.45, 7) is 6.56. The molecular weight excluding hydrogens is 216 g/mol. The van der Waals surface area contributed by atoms with Crippen LogP contribution in [0.2, 0.25) is 0 Å². The highest BCUT2D eigenvalue weighted by atomic mass is 16.3. The average molecular weight is 242 g/mol. The SMILES string of the molecule is CC(=O)N(C(C)C)[C@H]1CCCC[C@H]1NCCO.